The first-order chi connectivity index (χ1) is 18.7. The van der Waals surface area contributed by atoms with Crippen LogP contribution in [-0.2, 0) is 9.47 Å². The van der Waals surface area contributed by atoms with Crippen LogP contribution in [0.3, 0.4) is 0 Å². The number of ether oxygens (including phenoxy) is 2. The van der Waals surface area contributed by atoms with E-state index in [-0.39, 0.29) is 36.4 Å². The van der Waals surface area contributed by atoms with Crippen LogP contribution in [0.15, 0.2) is 12.1 Å². The molecule has 2 aliphatic carbocycles. The minimum atomic E-state index is -1.80. The SMILES string of the molecule is CCC1(O)CC(O)c2c(O)c3c(c(O)c2C1O[C@@H]1C[C@@H](N(C)C)[C@@H](O)[C@@H](C)O1)C(=O)c1c(O)ccc(O)c1C3=O. The average Bonchev–Trinajstić information content (AvgIpc) is 2.89. The number of likely N-dealkylation sites (N-methyl/N-ethyl adjacent to an activating group) is 1. The van der Waals surface area contributed by atoms with Crippen LogP contribution in [0.25, 0.3) is 0 Å². The summed E-state index contributed by atoms with van der Waals surface area (Å²) in [5.41, 5.74) is -4.82. The number of fused-ring (bicyclic) bond motifs is 3. The highest BCUT2D eigenvalue weighted by Crippen LogP contribution is 2.57. The van der Waals surface area contributed by atoms with E-state index in [0.29, 0.717) is 0 Å². The molecule has 1 aliphatic heterocycles. The van der Waals surface area contributed by atoms with Crippen molar-refractivity contribution >= 4 is 11.6 Å². The Morgan fingerprint density at radius 1 is 0.950 bits per heavy atom. The normalized spacial score (nSPS) is 31.6. The van der Waals surface area contributed by atoms with E-state index in [2.05, 4.69) is 0 Å². The summed E-state index contributed by atoms with van der Waals surface area (Å²) in [6.07, 6.45) is -5.66. The van der Waals surface area contributed by atoms with Crippen molar-refractivity contribution in [1.82, 2.24) is 4.90 Å². The summed E-state index contributed by atoms with van der Waals surface area (Å²) in [5.74, 6) is -4.96. The summed E-state index contributed by atoms with van der Waals surface area (Å²) in [5, 5.41) is 76.8. The van der Waals surface area contributed by atoms with Gasteiger partial charge in [0.15, 0.2) is 6.29 Å². The smallest absolute Gasteiger partial charge is 0.202 e. The fraction of sp³-hybridized carbons (Fsp3) is 0.500. The predicted octanol–water partition coefficient (Wildman–Crippen LogP) is 1.35. The lowest BCUT2D eigenvalue weighted by atomic mass is 9.70. The first kappa shape index (κ1) is 28.3. The number of aliphatic hydroxyl groups excluding tert-OH is 2. The Morgan fingerprint density at radius 2 is 1.48 bits per heavy atom. The van der Waals surface area contributed by atoms with Gasteiger partial charge in [0.25, 0.3) is 0 Å². The summed E-state index contributed by atoms with van der Waals surface area (Å²) in [6, 6.07) is 1.65. The number of phenols is 4. The zero-order chi connectivity index (χ0) is 29.4. The fourth-order valence-electron chi connectivity index (χ4n) is 6.21. The molecule has 7 atom stereocenters. The van der Waals surface area contributed by atoms with Gasteiger partial charge < -0.3 is 50.1 Å². The maximum atomic E-state index is 13.6. The van der Waals surface area contributed by atoms with Crippen molar-refractivity contribution in [2.24, 2.45) is 0 Å². The second-order valence-electron chi connectivity index (χ2n) is 11.0. The number of ketones is 2. The van der Waals surface area contributed by atoms with E-state index in [1.54, 1.807) is 32.8 Å². The van der Waals surface area contributed by atoms with Crippen molar-refractivity contribution in [3.8, 4) is 23.0 Å². The highest BCUT2D eigenvalue weighted by Gasteiger charge is 2.52. The Labute approximate surface area is 229 Å². The molecule has 2 aromatic rings. The van der Waals surface area contributed by atoms with Crippen molar-refractivity contribution in [2.45, 2.75) is 75.5 Å². The topological polar surface area (TPSA) is 197 Å². The lowest BCUT2D eigenvalue weighted by Gasteiger charge is -2.47. The average molecular weight is 560 g/mol. The summed E-state index contributed by atoms with van der Waals surface area (Å²) in [4.78, 5) is 28.8. The first-order valence-electron chi connectivity index (χ1n) is 13.0. The number of phenolic OH excluding ortho intramolecular Hbond substituents is 4. The molecule has 1 heterocycles. The monoisotopic (exact) mass is 559 g/mol. The zero-order valence-corrected chi connectivity index (χ0v) is 22.5. The Bertz CT molecular complexity index is 1410. The van der Waals surface area contributed by atoms with E-state index >= 15 is 0 Å². The molecule has 40 heavy (non-hydrogen) atoms. The molecule has 0 spiro atoms. The van der Waals surface area contributed by atoms with E-state index in [1.807, 2.05) is 0 Å². The van der Waals surface area contributed by atoms with Gasteiger partial charge in [-0.2, -0.15) is 0 Å². The third-order valence-corrected chi connectivity index (χ3v) is 8.46. The van der Waals surface area contributed by atoms with E-state index in [1.165, 1.54) is 0 Å². The Balaban J connectivity index is 1.70. The molecular formula is C28H33NO11. The Morgan fingerprint density at radius 3 is 1.98 bits per heavy atom. The molecule has 0 bridgehead atoms. The molecule has 12 nitrogen and oxygen atoms in total. The number of aromatic hydroxyl groups is 4. The predicted molar refractivity (Wildman–Crippen MR) is 137 cm³/mol. The number of aliphatic hydroxyl groups is 3. The van der Waals surface area contributed by atoms with Gasteiger partial charge >= 0.3 is 0 Å². The minimum absolute atomic E-state index is 0.0256. The van der Waals surface area contributed by atoms with Crippen molar-refractivity contribution in [1.29, 1.82) is 0 Å². The summed E-state index contributed by atoms with van der Waals surface area (Å²) in [7, 11) is 3.56. The van der Waals surface area contributed by atoms with Crippen LogP contribution >= 0.6 is 0 Å². The largest absolute Gasteiger partial charge is 0.507 e. The van der Waals surface area contributed by atoms with Gasteiger partial charge in [-0.25, -0.2) is 0 Å². The molecule has 2 aromatic carbocycles. The number of hydrogen-bond donors (Lipinski definition) is 7. The number of carbonyl (C=O) groups excluding carboxylic acids is 2. The van der Waals surface area contributed by atoms with Crippen molar-refractivity contribution in [2.75, 3.05) is 14.1 Å². The van der Waals surface area contributed by atoms with Gasteiger partial charge in [-0.3, -0.25) is 9.59 Å². The quantitative estimate of drug-likeness (QED) is 0.227. The van der Waals surface area contributed by atoms with E-state index in [9.17, 15) is 45.3 Å². The summed E-state index contributed by atoms with van der Waals surface area (Å²) in [6.45, 7) is 3.29. The molecular weight excluding hydrogens is 526 g/mol. The standard InChI is InChI=1S/C28H33NO11/c1-5-28(38)9-14(32)18-21(27(28)40-15-8-11(29(3)4)22(33)10(2)39-15)26(37)20-19(25(18)36)23(34)16-12(30)6-7-13(31)17(16)24(20)35/h6-7,10-11,14-15,22,27,30-33,36-38H,5,8-9H2,1-4H3/t10-,11-,14?,15-,22+,27?,28?/m1/s1. The van der Waals surface area contributed by atoms with E-state index in [0.717, 1.165) is 12.1 Å². The van der Waals surface area contributed by atoms with Crippen molar-refractivity contribution < 1.29 is 54.8 Å². The highest BCUT2D eigenvalue weighted by molar-refractivity contribution is 6.32. The van der Waals surface area contributed by atoms with Gasteiger partial charge in [-0.05, 0) is 39.6 Å². The van der Waals surface area contributed by atoms with Crippen molar-refractivity contribution in [3.05, 3.63) is 45.5 Å². The summed E-state index contributed by atoms with van der Waals surface area (Å²) < 4.78 is 12.1. The van der Waals surface area contributed by atoms with Crippen LogP contribution in [0, 0.1) is 0 Å². The number of rotatable bonds is 4. The van der Waals surface area contributed by atoms with Crippen LogP contribution in [0.5, 0.6) is 23.0 Å². The molecule has 3 unspecified atom stereocenters. The lowest BCUT2D eigenvalue weighted by Crippen LogP contribution is -2.54. The fourth-order valence-corrected chi connectivity index (χ4v) is 6.21. The molecule has 0 radical (unpaired) electrons. The molecule has 0 saturated carbocycles. The molecule has 3 aliphatic rings. The lowest BCUT2D eigenvalue weighted by molar-refractivity contribution is -0.279. The molecule has 216 valence electrons. The zero-order valence-electron chi connectivity index (χ0n) is 22.5. The Kier molecular flexibility index (Phi) is 6.85. The molecule has 0 amide bonds. The van der Waals surface area contributed by atoms with Crippen LogP contribution < -0.4 is 0 Å². The van der Waals surface area contributed by atoms with Gasteiger partial charge in [0.05, 0.1) is 46.2 Å². The maximum Gasteiger partial charge on any atom is 0.202 e. The van der Waals surface area contributed by atoms with Crippen LogP contribution in [-0.4, -0.2) is 96.4 Å². The van der Waals surface area contributed by atoms with Crippen LogP contribution in [0.1, 0.15) is 88.3 Å². The van der Waals surface area contributed by atoms with Gasteiger partial charge in [0.1, 0.15) is 29.1 Å². The second-order valence-corrected chi connectivity index (χ2v) is 11.0. The summed E-state index contributed by atoms with van der Waals surface area (Å²) >= 11 is 0. The second kappa shape index (κ2) is 9.68. The molecule has 12 heteroatoms. The molecule has 7 N–H and O–H groups in total. The maximum absolute atomic E-state index is 13.6. The minimum Gasteiger partial charge on any atom is -0.507 e. The molecule has 0 aromatic heterocycles. The van der Waals surface area contributed by atoms with E-state index in [4.69, 9.17) is 9.47 Å². The van der Waals surface area contributed by atoms with Crippen LogP contribution in [0.2, 0.25) is 0 Å². The van der Waals surface area contributed by atoms with Gasteiger partial charge in [-0.1, -0.05) is 6.92 Å². The number of benzene rings is 2. The van der Waals surface area contributed by atoms with E-state index < -0.39 is 93.1 Å². The third kappa shape index (κ3) is 3.98. The Hall–Kier alpha value is -3.26. The third-order valence-electron chi connectivity index (χ3n) is 8.46. The molecule has 1 saturated heterocycles. The van der Waals surface area contributed by atoms with Gasteiger partial charge in [0, 0.05) is 30.0 Å². The number of hydrogen-bond acceptors (Lipinski definition) is 12. The van der Waals surface area contributed by atoms with Crippen LogP contribution in [0.4, 0.5) is 0 Å². The number of nitrogens with zero attached hydrogens (tertiary/aromatic N) is 1. The molecule has 5 rings (SSSR count). The van der Waals surface area contributed by atoms with Crippen molar-refractivity contribution in [3.63, 3.8) is 0 Å². The molecule has 1 fully saturated rings. The van der Waals surface area contributed by atoms with Gasteiger partial charge in [0.2, 0.25) is 11.6 Å². The first-order valence-corrected chi connectivity index (χ1v) is 13.0. The highest BCUT2D eigenvalue weighted by atomic mass is 16.7. The van der Waals surface area contributed by atoms with Gasteiger partial charge in [-0.15, -0.1) is 0 Å². The number of carbonyl (C=O) groups is 2.